The fourth-order valence-electron chi connectivity index (χ4n) is 2.62. The number of amides is 2. The molecule has 132 valence electrons. The third-order valence-electron chi connectivity index (χ3n) is 4.16. The minimum absolute atomic E-state index is 0.0185. The molecule has 7 heteroatoms. The number of ether oxygens (including phenoxy) is 1. The van der Waals surface area contributed by atoms with Crippen LogP contribution in [0.4, 0.5) is 0 Å². The molecule has 2 amide bonds. The van der Waals surface area contributed by atoms with Gasteiger partial charge in [-0.15, -0.1) is 11.6 Å². The van der Waals surface area contributed by atoms with Gasteiger partial charge in [-0.1, -0.05) is 11.6 Å². The third kappa shape index (κ3) is 3.95. The third-order valence-corrected chi connectivity index (χ3v) is 5.06. The summed E-state index contributed by atoms with van der Waals surface area (Å²) in [6.07, 6.45) is 0. The van der Waals surface area contributed by atoms with Crippen molar-refractivity contribution in [3.8, 4) is 5.75 Å². The molecule has 2 rings (SSSR count). The maximum absolute atomic E-state index is 12.7. The second-order valence-electron chi connectivity index (χ2n) is 6.45. The van der Waals surface area contributed by atoms with Crippen LogP contribution in [0, 0.1) is 5.41 Å². The predicted molar refractivity (Wildman–Crippen MR) is 95.0 cm³/mol. The number of carbonyl (C=O) groups excluding carboxylic acids is 2. The highest BCUT2D eigenvalue weighted by Crippen LogP contribution is 2.25. The topological polar surface area (TPSA) is 49.9 Å². The lowest BCUT2D eigenvalue weighted by Crippen LogP contribution is -2.53. The fourth-order valence-corrected chi connectivity index (χ4v) is 2.90. The van der Waals surface area contributed by atoms with Crippen LogP contribution in [0.2, 0.25) is 5.02 Å². The number of carbonyl (C=O) groups is 2. The van der Waals surface area contributed by atoms with Crippen LogP contribution < -0.4 is 4.74 Å². The molecule has 0 saturated carbocycles. The normalized spacial score (nSPS) is 15.4. The van der Waals surface area contributed by atoms with Gasteiger partial charge < -0.3 is 14.5 Å². The molecule has 0 spiro atoms. The molecule has 0 aromatic heterocycles. The quantitative estimate of drug-likeness (QED) is 0.763. The van der Waals surface area contributed by atoms with Gasteiger partial charge in [0.1, 0.15) is 5.75 Å². The maximum atomic E-state index is 12.7. The Morgan fingerprint density at radius 2 is 1.75 bits per heavy atom. The van der Waals surface area contributed by atoms with E-state index in [2.05, 4.69) is 0 Å². The van der Waals surface area contributed by atoms with Gasteiger partial charge >= 0.3 is 0 Å². The lowest BCUT2D eigenvalue weighted by Gasteiger charge is -2.38. The van der Waals surface area contributed by atoms with Crippen LogP contribution in [-0.2, 0) is 4.79 Å². The first-order valence-corrected chi connectivity index (χ1v) is 8.69. The van der Waals surface area contributed by atoms with Crippen molar-refractivity contribution < 1.29 is 14.3 Å². The van der Waals surface area contributed by atoms with E-state index in [9.17, 15) is 9.59 Å². The van der Waals surface area contributed by atoms with Crippen molar-refractivity contribution >= 4 is 35.0 Å². The van der Waals surface area contributed by atoms with Crippen molar-refractivity contribution in [3.05, 3.63) is 28.8 Å². The van der Waals surface area contributed by atoms with Crippen LogP contribution in [0.5, 0.6) is 5.75 Å². The standard InChI is InChI=1S/C17H22Cl2N2O3/c1-17(2,11-18)16(23)21-8-6-20(7-9-21)15(22)13-10-12(19)4-5-14(13)24-3/h4-5,10H,6-9,11H2,1-3H3. The number of hydrogen-bond acceptors (Lipinski definition) is 3. The molecular formula is C17H22Cl2N2O3. The van der Waals surface area contributed by atoms with E-state index in [-0.39, 0.29) is 17.7 Å². The van der Waals surface area contributed by atoms with Crippen LogP contribution in [-0.4, -0.2) is 60.8 Å². The number of benzene rings is 1. The Morgan fingerprint density at radius 3 is 2.29 bits per heavy atom. The average molecular weight is 373 g/mol. The van der Waals surface area contributed by atoms with Gasteiger partial charge in [-0.3, -0.25) is 9.59 Å². The summed E-state index contributed by atoms with van der Waals surface area (Å²) in [5, 5.41) is 0.483. The highest BCUT2D eigenvalue weighted by Gasteiger charge is 2.34. The molecule has 0 unspecified atom stereocenters. The zero-order chi connectivity index (χ0) is 17.9. The van der Waals surface area contributed by atoms with Gasteiger partial charge in [0.05, 0.1) is 18.1 Å². The molecule has 0 N–H and O–H groups in total. The van der Waals surface area contributed by atoms with Gasteiger partial charge in [-0.25, -0.2) is 0 Å². The Hall–Kier alpha value is -1.46. The second-order valence-corrected chi connectivity index (χ2v) is 7.15. The van der Waals surface area contributed by atoms with Crippen molar-refractivity contribution in [2.24, 2.45) is 5.41 Å². The van der Waals surface area contributed by atoms with Crippen LogP contribution in [0.1, 0.15) is 24.2 Å². The van der Waals surface area contributed by atoms with Gasteiger partial charge in [-0.05, 0) is 32.0 Å². The molecule has 1 fully saturated rings. The van der Waals surface area contributed by atoms with E-state index in [1.807, 2.05) is 13.8 Å². The number of nitrogens with zero attached hydrogens (tertiary/aromatic N) is 2. The summed E-state index contributed by atoms with van der Waals surface area (Å²) >= 11 is 11.9. The van der Waals surface area contributed by atoms with Crippen molar-refractivity contribution in [1.82, 2.24) is 9.80 Å². The van der Waals surface area contributed by atoms with E-state index in [0.717, 1.165) is 0 Å². The summed E-state index contributed by atoms with van der Waals surface area (Å²) in [6.45, 7) is 5.59. The maximum Gasteiger partial charge on any atom is 0.257 e. The Kier molecular flexibility index (Phi) is 5.99. The fraction of sp³-hybridized carbons (Fsp3) is 0.529. The minimum atomic E-state index is -0.593. The second kappa shape index (κ2) is 7.62. The first kappa shape index (κ1) is 18.9. The molecule has 1 aliphatic heterocycles. The molecule has 0 radical (unpaired) electrons. The Morgan fingerprint density at radius 1 is 1.17 bits per heavy atom. The summed E-state index contributed by atoms with van der Waals surface area (Å²) in [7, 11) is 1.52. The molecule has 1 aliphatic rings. The summed E-state index contributed by atoms with van der Waals surface area (Å²) in [5.74, 6) is 0.638. The van der Waals surface area contributed by atoms with E-state index in [1.54, 1.807) is 28.0 Å². The lowest BCUT2D eigenvalue weighted by atomic mass is 9.94. The zero-order valence-electron chi connectivity index (χ0n) is 14.1. The first-order valence-electron chi connectivity index (χ1n) is 7.78. The Bertz CT molecular complexity index is 626. The van der Waals surface area contributed by atoms with Gasteiger partial charge in [0.15, 0.2) is 0 Å². The van der Waals surface area contributed by atoms with Gasteiger partial charge in [0.25, 0.3) is 5.91 Å². The number of methoxy groups -OCH3 is 1. The molecule has 5 nitrogen and oxygen atoms in total. The van der Waals surface area contributed by atoms with Gasteiger partial charge in [0, 0.05) is 37.1 Å². The highest BCUT2D eigenvalue weighted by atomic mass is 35.5. The molecule has 1 saturated heterocycles. The summed E-state index contributed by atoms with van der Waals surface area (Å²) in [6, 6.07) is 4.97. The van der Waals surface area contributed by atoms with E-state index in [4.69, 9.17) is 27.9 Å². The monoisotopic (exact) mass is 372 g/mol. The number of hydrogen-bond donors (Lipinski definition) is 0. The zero-order valence-corrected chi connectivity index (χ0v) is 15.7. The molecular weight excluding hydrogens is 351 g/mol. The molecule has 0 bridgehead atoms. The van der Waals surface area contributed by atoms with E-state index in [1.165, 1.54) is 7.11 Å². The molecule has 0 atom stereocenters. The van der Waals surface area contributed by atoms with Crippen molar-refractivity contribution in [2.75, 3.05) is 39.2 Å². The van der Waals surface area contributed by atoms with Crippen LogP contribution >= 0.6 is 23.2 Å². The number of alkyl halides is 1. The smallest absolute Gasteiger partial charge is 0.257 e. The molecule has 24 heavy (non-hydrogen) atoms. The average Bonchev–Trinajstić information content (AvgIpc) is 2.60. The minimum Gasteiger partial charge on any atom is -0.496 e. The molecule has 0 aliphatic carbocycles. The number of halogens is 2. The highest BCUT2D eigenvalue weighted by molar-refractivity contribution is 6.31. The Labute approximate surface area is 152 Å². The molecule has 1 heterocycles. The predicted octanol–water partition coefficient (Wildman–Crippen LogP) is 2.90. The summed E-state index contributed by atoms with van der Waals surface area (Å²) < 4.78 is 5.25. The van der Waals surface area contributed by atoms with Gasteiger partial charge in [0.2, 0.25) is 5.91 Å². The van der Waals surface area contributed by atoms with E-state index < -0.39 is 5.41 Å². The van der Waals surface area contributed by atoms with E-state index >= 15 is 0 Å². The van der Waals surface area contributed by atoms with E-state index in [0.29, 0.717) is 42.5 Å². The molecule has 1 aromatic carbocycles. The lowest BCUT2D eigenvalue weighted by molar-refractivity contribution is -0.140. The van der Waals surface area contributed by atoms with Crippen LogP contribution in [0.15, 0.2) is 18.2 Å². The SMILES string of the molecule is COc1ccc(Cl)cc1C(=O)N1CCN(C(=O)C(C)(C)CCl)CC1. The van der Waals surface area contributed by atoms with Gasteiger partial charge in [-0.2, -0.15) is 0 Å². The van der Waals surface area contributed by atoms with Crippen molar-refractivity contribution in [1.29, 1.82) is 0 Å². The summed E-state index contributed by atoms with van der Waals surface area (Å²) in [4.78, 5) is 28.6. The summed E-state index contributed by atoms with van der Waals surface area (Å²) in [5.41, 5.74) is -0.157. The molecule has 1 aromatic rings. The Balaban J connectivity index is 2.06. The first-order chi connectivity index (χ1) is 11.3. The number of rotatable bonds is 4. The number of piperazine rings is 1. The van der Waals surface area contributed by atoms with Crippen molar-refractivity contribution in [3.63, 3.8) is 0 Å². The van der Waals surface area contributed by atoms with Crippen molar-refractivity contribution in [2.45, 2.75) is 13.8 Å². The van der Waals surface area contributed by atoms with Crippen LogP contribution in [0.3, 0.4) is 0 Å². The van der Waals surface area contributed by atoms with Crippen LogP contribution in [0.25, 0.3) is 0 Å². The largest absolute Gasteiger partial charge is 0.496 e.